The molecule has 0 amide bonds. The lowest BCUT2D eigenvalue weighted by Gasteiger charge is -2.19. The SMILES string of the molecule is CCC(C)c1ccc(C(=O)OCc2ccc(C(C)(C)C)cc2)cc1. The highest BCUT2D eigenvalue weighted by Gasteiger charge is 2.13. The molecule has 2 aromatic carbocycles. The Bertz CT molecular complexity index is 661. The summed E-state index contributed by atoms with van der Waals surface area (Å²) in [5, 5.41) is 0. The van der Waals surface area contributed by atoms with Gasteiger partial charge >= 0.3 is 5.97 Å². The number of esters is 1. The van der Waals surface area contributed by atoms with Crippen molar-refractivity contribution in [3.05, 3.63) is 70.8 Å². The predicted molar refractivity (Wildman–Crippen MR) is 99.4 cm³/mol. The number of benzene rings is 2. The molecule has 0 radical (unpaired) electrons. The van der Waals surface area contributed by atoms with E-state index in [9.17, 15) is 4.79 Å². The third-order valence-electron chi connectivity index (χ3n) is 4.52. The first-order valence-corrected chi connectivity index (χ1v) is 8.67. The molecule has 0 spiro atoms. The van der Waals surface area contributed by atoms with Gasteiger partial charge in [-0.05, 0) is 46.6 Å². The molecule has 0 N–H and O–H groups in total. The molecular weight excluding hydrogens is 296 g/mol. The molecule has 2 rings (SSSR count). The van der Waals surface area contributed by atoms with Gasteiger partial charge in [0.1, 0.15) is 6.61 Å². The first-order chi connectivity index (χ1) is 11.3. The van der Waals surface area contributed by atoms with Crippen molar-refractivity contribution in [1.82, 2.24) is 0 Å². The fourth-order valence-corrected chi connectivity index (χ4v) is 2.52. The Labute approximate surface area is 145 Å². The number of hydrogen-bond donors (Lipinski definition) is 0. The summed E-state index contributed by atoms with van der Waals surface area (Å²) in [7, 11) is 0. The molecule has 24 heavy (non-hydrogen) atoms. The van der Waals surface area contributed by atoms with Crippen molar-refractivity contribution in [2.24, 2.45) is 0 Å². The third kappa shape index (κ3) is 4.70. The van der Waals surface area contributed by atoms with Crippen LogP contribution in [0.1, 0.15) is 74.0 Å². The van der Waals surface area contributed by atoms with Crippen LogP contribution in [0.5, 0.6) is 0 Å². The van der Waals surface area contributed by atoms with Crippen LogP contribution < -0.4 is 0 Å². The van der Waals surface area contributed by atoms with E-state index in [1.54, 1.807) is 0 Å². The standard InChI is InChI=1S/C22H28O2/c1-6-16(2)18-9-11-19(12-10-18)21(23)24-15-17-7-13-20(14-8-17)22(3,4)5/h7-14,16H,6,15H2,1-5H3. The molecule has 0 saturated heterocycles. The topological polar surface area (TPSA) is 26.3 Å². The summed E-state index contributed by atoms with van der Waals surface area (Å²) < 4.78 is 5.43. The van der Waals surface area contributed by atoms with Gasteiger partial charge in [0.2, 0.25) is 0 Å². The van der Waals surface area contributed by atoms with E-state index in [1.165, 1.54) is 11.1 Å². The number of rotatable bonds is 5. The van der Waals surface area contributed by atoms with Crippen LogP contribution in [-0.2, 0) is 16.8 Å². The van der Waals surface area contributed by atoms with Crippen LogP contribution in [0.15, 0.2) is 48.5 Å². The summed E-state index contributed by atoms with van der Waals surface area (Å²) in [5.41, 5.74) is 4.28. The second-order valence-electron chi connectivity index (χ2n) is 7.45. The van der Waals surface area contributed by atoms with E-state index in [1.807, 2.05) is 36.4 Å². The highest BCUT2D eigenvalue weighted by Crippen LogP contribution is 2.22. The van der Waals surface area contributed by atoms with Gasteiger partial charge in [0.25, 0.3) is 0 Å². The summed E-state index contributed by atoms with van der Waals surface area (Å²) >= 11 is 0. The minimum Gasteiger partial charge on any atom is -0.457 e. The Kier molecular flexibility index (Phi) is 5.82. The predicted octanol–water partition coefficient (Wildman–Crippen LogP) is 5.85. The minimum atomic E-state index is -0.273. The normalized spacial score (nSPS) is 12.7. The van der Waals surface area contributed by atoms with Crippen LogP contribution in [0.3, 0.4) is 0 Å². The smallest absolute Gasteiger partial charge is 0.338 e. The van der Waals surface area contributed by atoms with Gasteiger partial charge < -0.3 is 4.74 Å². The molecule has 0 aliphatic rings. The third-order valence-corrected chi connectivity index (χ3v) is 4.52. The van der Waals surface area contributed by atoms with Crippen molar-refractivity contribution in [2.75, 3.05) is 0 Å². The molecule has 1 unspecified atom stereocenters. The Morgan fingerprint density at radius 1 is 1.00 bits per heavy atom. The van der Waals surface area contributed by atoms with Crippen molar-refractivity contribution in [3.63, 3.8) is 0 Å². The maximum absolute atomic E-state index is 12.2. The van der Waals surface area contributed by atoms with Gasteiger partial charge in [-0.25, -0.2) is 4.79 Å². The lowest BCUT2D eigenvalue weighted by atomic mass is 9.87. The maximum atomic E-state index is 12.2. The lowest BCUT2D eigenvalue weighted by molar-refractivity contribution is 0.0472. The number of carbonyl (C=O) groups excluding carboxylic acids is 1. The number of ether oxygens (including phenoxy) is 1. The highest BCUT2D eigenvalue weighted by molar-refractivity contribution is 5.89. The monoisotopic (exact) mass is 324 g/mol. The van der Waals surface area contributed by atoms with E-state index in [4.69, 9.17) is 4.74 Å². The van der Waals surface area contributed by atoms with Crippen molar-refractivity contribution in [2.45, 2.75) is 59.0 Å². The largest absolute Gasteiger partial charge is 0.457 e. The van der Waals surface area contributed by atoms with Gasteiger partial charge in [-0.1, -0.05) is 71.0 Å². The number of hydrogen-bond acceptors (Lipinski definition) is 2. The molecule has 1 atom stereocenters. The summed E-state index contributed by atoms with van der Waals surface area (Å²) in [4.78, 5) is 12.2. The van der Waals surface area contributed by atoms with Crippen LogP contribution in [0.4, 0.5) is 0 Å². The first kappa shape index (κ1) is 18.3. The van der Waals surface area contributed by atoms with E-state index in [-0.39, 0.29) is 11.4 Å². The minimum absolute atomic E-state index is 0.132. The van der Waals surface area contributed by atoms with Gasteiger partial charge in [0.15, 0.2) is 0 Å². The average molecular weight is 324 g/mol. The zero-order valence-corrected chi connectivity index (χ0v) is 15.4. The van der Waals surface area contributed by atoms with Gasteiger partial charge in [-0.3, -0.25) is 0 Å². The molecule has 128 valence electrons. The Hall–Kier alpha value is -2.09. The van der Waals surface area contributed by atoms with Gasteiger partial charge in [-0.15, -0.1) is 0 Å². The number of carbonyl (C=O) groups is 1. The molecular formula is C22H28O2. The van der Waals surface area contributed by atoms with E-state index in [0.29, 0.717) is 18.1 Å². The van der Waals surface area contributed by atoms with E-state index < -0.39 is 0 Å². The second kappa shape index (κ2) is 7.65. The summed E-state index contributed by atoms with van der Waals surface area (Å²) in [5.74, 6) is 0.238. The first-order valence-electron chi connectivity index (χ1n) is 8.67. The van der Waals surface area contributed by atoms with Crippen LogP contribution in [0, 0.1) is 0 Å². The zero-order valence-electron chi connectivity index (χ0n) is 15.4. The Balaban J connectivity index is 1.95. The second-order valence-corrected chi connectivity index (χ2v) is 7.45. The van der Waals surface area contributed by atoms with Gasteiger partial charge in [0.05, 0.1) is 5.56 Å². The van der Waals surface area contributed by atoms with E-state index in [2.05, 4.69) is 46.8 Å². The van der Waals surface area contributed by atoms with Crippen molar-refractivity contribution < 1.29 is 9.53 Å². The molecule has 2 aromatic rings. The average Bonchev–Trinajstić information content (AvgIpc) is 2.58. The van der Waals surface area contributed by atoms with Crippen LogP contribution in [0.25, 0.3) is 0 Å². The highest BCUT2D eigenvalue weighted by atomic mass is 16.5. The molecule has 0 heterocycles. The molecule has 0 saturated carbocycles. The Morgan fingerprint density at radius 2 is 1.58 bits per heavy atom. The van der Waals surface area contributed by atoms with Gasteiger partial charge in [0, 0.05) is 0 Å². The molecule has 0 aliphatic carbocycles. The zero-order chi connectivity index (χ0) is 17.7. The molecule has 0 fully saturated rings. The fourth-order valence-electron chi connectivity index (χ4n) is 2.52. The van der Waals surface area contributed by atoms with Crippen molar-refractivity contribution >= 4 is 5.97 Å². The Morgan fingerprint density at radius 3 is 2.08 bits per heavy atom. The fraction of sp³-hybridized carbons (Fsp3) is 0.409. The van der Waals surface area contributed by atoms with E-state index >= 15 is 0 Å². The van der Waals surface area contributed by atoms with Crippen LogP contribution in [-0.4, -0.2) is 5.97 Å². The van der Waals surface area contributed by atoms with Crippen LogP contribution in [0.2, 0.25) is 0 Å². The lowest BCUT2D eigenvalue weighted by Crippen LogP contribution is -2.11. The summed E-state index contributed by atoms with van der Waals surface area (Å²) in [6.07, 6.45) is 1.09. The van der Waals surface area contributed by atoms with Crippen molar-refractivity contribution in [3.8, 4) is 0 Å². The quantitative estimate of drug-likeness (QED) is 0.644. The maximum Gasteiger partial charge on any atom is 0.338 e. The summed E-state index contributed by atoms with van der Waals surface area (Å²) in [6, 6.07) is 16.0. The summed E-state index contributed by atoms with van der Waals surface area (Å²) in [6.45, 7) is 11.2. The van der Waals surface area contributed by atoms with Crippen LogP contribution >= 0.6 is 0 Å². The molecule has 0 aromatic heterocycles. The molecule has 2 heteroatoms. The molecule has 2 nitrogen and oxygen atoms in total. The van der Waals surface area contributed by atoms with Crippen molar-refractivity contribution in [1.29, 1.82) is 0 Å². The van der Waals surface area contributed by atoms with Gasteiger partial charge in [-0.2, -0.15) is 0 Å². The molecule has 0 bridgehead atoms. The van der Waals surface area contributed by atoms with E-state index in [0.717, 1.165) is 12.0 Å². The molecule has 0 aliphatic heterocycles.